The SMILES string of the molecule is CO[C@H](c1ncc(Cl)cn1)[C@H](C)S(=O)(=O)Nc1nnc([C@H]2CCC(C)(C)O2)n1C1CCCCO1. The molecule has 2 aromatic heterocycles. The van der Waals surface area contributed by atoms with E-state index < -0.39 is 21.4 Å². The number of halogens is 1. The van der Waals surface area contributed by atoms with E-state index in [1.165, 1.54) is 26.4 Å². The zero-order valence-electron chi connectivity index (χ0n) is 19.8. The zero-order valence-corrected chi connectivity index (χ0v) is 21.3. The summed E-state index contributed by atoms with van der Waals surface area (Å²) in [6.07, 6.45) is 5.47. The van der Waals surface area contributed by atoms with E-state index in [-0.39, 0.29) is 29.7 Å². The summed E-state index contributed by atoms with van der Waals surface area (Å²) in [5, 5.41) is 7.82. The predicted octanol–water partition coefficient (Wildman–Crippen LogP) is 3.57. The standard InChI is InChI=1S/C21H31ClN6O5S/c1-13(17(31-4)18-23-11-14(22)12-24-18)34(29,30)27-20-26-25-19(15-8-9-21(2,3)33-15)28(20)16-7-5-6-10-32-16/h11-13,15-17H,5-10H2,1-4H3,(H,26,27)/t13-,15+,16?,17-/m0/s1. The molecule has 1 unspecified atom stereocenters. The van der Waals surface area contributed by atoms with Gasteiger partial charge in [0.25, 0.3) is 0 Å². The molecule has 0 amide bonds. The van der Waals surface area contributed by atoms with E-state index in [9.17, 15) is 8.42 Å². The van der Waals surface area contributed by atoms with Crippen molar-refractivity contribution in [1.82, 2.24) is 24.7 Å². The van der Waals surface area contributed by atoms with Gasteiger partial charge < -0.3 is 14.2 Å². The van der Waals surface area contributed by atoms with Gasteiger partial charge in [0, 0.05) is 26.1 Å². The minimum absolute atomic E-state index is 0.0916. The summed E-state index contributed by atoms with van der Waals surface area (Å²) < 4.78 is 48.7. The van der Waals surface area contributed by atoms with Crippen molar-refractivity contribution in [3.8, 4) is 0 Å². The molecule has 0 saturated carbocycles. The molecule has 0 bridgehead atoms. The topological polar surface area (TPSA) is 130 Å². The Labute approximate surface area is 204 Å². The normalized spacial score (nSPS) is 24.6. The first-order valence-corrected chi connectivity index (χ1v) is 13.3. The summed E-state index contributed by atoms with van der Waals surface area (Å²) in [5.74, 6) is 0.866. The molecule has 4 heterocycles. The van der Waals surface area contributed by atoms with Crippen molar-refractivity contribution in [2.75, 3.05) is 18.4 Å². The molecule has 11 nitrogen and oxygen atoms in total. The monoisotopic (exact) mass is 514 g/mol. The number of ether oxygens (including phenoxy) is 3. The maximum Gasteiger partial charge on any atom is 0.240 e. The molecule has 2 aliphatic heterocycles. The Balaban J connectivity index is 1.63. The second kappa shape index (κ2) is 10.0. The first kappa shape index (κ1) is 25.2. The number of nitrogens with one attached hydrogen (secondary N) is 1. The molecule has 0 spiro atoms. The van der Waals surface area contributed by atoms with Crippen LogP contribution in [0.3, 0.4) is 0 Å². The lowest BCUT2D eigenvalue weighted by molar-refractivity contribution is -0.0491. The third kappa shape index (κ3) is 5.35. The predicted molar refractivity (Wildman–Crippen MR) is 125 cm³/mol. The van der Waals surface area contributed by atoms with Crippen LogP contribution in [0.4, 0.5) is 5.95 Å². The first-order chi connectivity index (χ1) is 16.1. The van der Waals surface area contributed by atoms with Crippen LogP contribution in [-0.4, -0.2) is 57.7 Å². The summed E-state index contributed by atoms with van der Waals surface area (Å²) in [6.45, 7) is 6.16. The van der Waals surface area contributed by atoms with Gasteiger partial charge in [-0.1, -0.05) is 11.6 Å². The molecule has 0 aromatic carbocycles. The van der Waals surface area contributed by atoms with Gasteiger partial charge in [-0.3, -0.25) is 9.29 Å². The number of rotatable bonds is 8. The van der Waals surface area contributed by atoms with E-state index in [0.29, 0.717) is 17.5 Å². The van der Waals surface area contributed by atoms with Crippen LogP contribution >= 0.6 is 11.6 Å². The lowest BCUT2D eigenvalue weighted by Gasteiger charge is -2.28. The van der Waals surface area contributed by atoms with E-state index in [1.807, 2.05) is 13.8 Å². The molecular weight excluding hydrogens is 484 g/mol. The molecule has 4 rings (SSSR count). The lowest BCUT2D eigenvalue weighted by Crippen LogP contribution is -2.34. The highest BCUT2D eigenvalue weighted by molar-refractivity contribution is 7.93. The Morgan fingerprint density at radius 2 is 1.97 bits per heavy atom. The average molecular weight is 515 g/mol. The average Bonchev–Trinajstić information content (AvgIpc) is 3.38. The van der Waals surface area contributed by atoms with Crippen LogP contribution in [0.5, 0.6) is 0 Å². The molecule has 2 aromatic rings. The van der Waals surface area contributed by atoms with Crippen LogP contribution in [0.2, 0.25) is 5.02 Å². The van der Waals surface area contributed by atoms with Gasteiger partial charge in [0.2, 0.25) is 16.0 Å². The second-order valence-corrected chi connectivity index (χ2v) is 11.7. The van der Waals surface area contributed by atoms with Crippen molar-refractivity contribution >= 4 is 27.6 Å². The van der Waals surface area contributed by atoms with Crippen LogP contribution < -0.4 is 4.72 Å². The Kier molecular flexibility index (Phi) is 7.44. The number of sulfonamides is 1. The van der Waals surface area contributed by atoms with Crippen molar-refractivity contribution in [2.45, 2.75) is 82.2 Å². The number of hydrogen-bond acceptors (Lipinski definition) is 9. The van der Waals surface area contributed by atoms with Gasteiger partial charge in [0.15, 0.2) is 11.6 Å². The minimum Gasteiger partial charge on any atom is -0.372 e. The van der Waals surface area contributed by atoms with Crippen LogP contribution in [0.25, 0.3) is 0 Å². The van der Waals surface area contributed by atoms with Crippen molar-refractivity contribution in [3.63, 3.8) is 0 Å². The summed E-state index contributed by atoms with van der Waals surface area (Å²) in [7, 11) is -2.58. The van der Waals surface area contributed by atoms with Crippen molar-refractivity contribution in [3.05, 3.63) is 29.1 Å². The fourth-order valence-corrected chi connectivity index (χ4v) is 5.56. The van der Waals surface area contributed by atoms with Gasteiger partial charge in [-0.15, -0.1) is 10.2 Å². The molecule has 1 N–H and O–H groups in total. The van der Waals surface area contributed by atoms with Crippen molar-refractivity contribution in [2.24, 2.45) is 0 Å². The number of aromatic nitrogens is 5. The highest BCUT2D eigenvalue weighted by Gasteiger charge is 2.39. The highest BCUT2D eigenvalue weighted by Crippen LogP contribution is 2.41. The van der Waals surface area contributed by atoms with Gasteiger partial charge in [-0.05, 0) is 52.9 Å². The van der Waals surface area contributed by atoms with E-state index in [1.54, 1.807) is 4.57 Å². The Morgan fingerprint density at radius 3 is 2.56 bits per heavy atom. The van der Waals surface area contributed by atoms with Gasteiger partial charge in [0.1, 0.15) is 23.7 Å². The minimum atomic E-state index is -3.98. The molecule has 2 saturated heterocycles. The van der Waals surface area contributed by atoms with Crippen LogP contribution in [0.1, 0.15) is 83.0 Å². The highest BCUT2D eigenvalue weighted by atomic mass is 35.5. The number of anilines is 1. The summed E-state index contributed by atoms with van der Waals surface area (Å²) in [6, 6.07) is 0. The fourth-order valence-electron chi connectivity index (χ4n) is 4.33. The molecular formula is C21H31ClN6O5S. The second-order valence-electron chi connectivity index (χ2n) is 9.25. The fraction of sp³-hybridized carbons (Fsp3) is 0.714. The maximum absolute atomic E-state index is 13.4. The Bertz CT molecular complexity index is 1090. The van der Waals surface area contributed by atoms with Gasteiger partial charge >= 0.3 is 0 Å². The van der Waals surface area contributed by atoms with Gasteiger partial charge in [-0.25, -0.2) is 18.4 Å². The lowest BCUT2D eigenvalue weighted by atomic mass is 10.1. The molecule has 34 heavy (non-hydrogen) atoms. The number of hydrogen-bond donors (Lipinski definition) is 1. The number of nitrogens with zero attached hydrogens (tertiary/aromatic N) is 5. The molecule has 4 atom stereocenters. The molecule has 2 aliphatic rings. The van der Waals surface area contributed by atoms with Crippen molar-refractivity contribution in [1.29, 1.82) is 0 Å². The molecule has 13 heteroatoms. The molecule has 188 valence electrons. The van der Waals surface area contributed by atoms with E-state index in [0.717, 1.165) is 32.1 Å². The zero-order chi connectivity index (χ0) is 24.5. The molecule has 2 fully saturated rings. The van der Waals surface area contributed by atoms with E-state index in [4.69, 9.17) is 25.8 Å². The van der Waals surface area contributed by atoms with Crippen molar-refractivity contribution < 1.29 is 22.6 Å². The summed E-state index contributed by atoms with van der Waals surface area (Å²) in [5.41, 5.74) is -0.284. The third-order valence-corrected chi connectivity index (χ3v) is 8.11. The van der Waals surface area contributed by atoms with Gasteiger partial charge in [0.05, 0.1) is 10.6 Å². The summed E-state index contributed by atoms with van der Waals surface area (Å²) in [4.78, 5) is 8.24. The van der Waals surface area contributed by atoms with E-state index >= 15 is 0 Å². The largest absolute Gasteiger partial charge is 0.372 e. The quantitative estimate of drug-likeness (QED) is 0.561. The summed E-state index contributed by atoms with van der Waals surface area (Å²) >= 11 is 5.86. The van der Waals surface area contributed by atoms with E-state index in [2.05, 4.69) is 24.9 Å². The van der Waals surface area contributed by atoms with Crippen LogP contribution in [-0.2, 0) is 24.2 Å². The van der Waals surface area contributed by atoms with Crippen LogP contribution in [0, 0.1) is 0 Å². The molecule has 0 aliphatic carbocycles. The van der Waals surface area contributed by atoms with Crippen LogP contribution in [0.15, 0.2) is 12.4 Å². The smallest absolute Gasteiger partial charge is 0.240 e. The number of methoxy groups -OCH3 is 1. The Hall–Kier alpha value is -1.86. The first-order valence-electron chi connectivity index (χ1n) is 11.4. The molecule has 0 radical (unpaired) electrons. The third-order valence-electron chi connectivity index (χ3n) is 6.22. The Morgan fingerprint density at radius 1 is 1.24 bits per heavy atom. The maximum atomic E-state index is 13.4. The van der Waals surface area contributed by atoms with Gasteiger partial charge in [-0.2, -0.15) is 0 Å².